The van der Waals surface area contributed by atoms with Crippen molar-refractivity contribution in [3.8, 4) is 20.9 Å². The van der Waals surface area contributed by atoms with Crippen LogP contribution in [0.15, 0.2) is 70.5 Å². The van der Waals surface area contributed by atoms with Crippen LogP contribution < -0.4 is 0 Å². The zero-order chi connectivity index (χ0) is 18.4. The van der Waals surface area contributed by atoms with Crippen LogP contribution in [0.5, 0.6) is 0 Å². The van der Waals surface area contributed by atoms with Crippen LogP contribution in [-0.2, 0) is 0 Å². The topological polar surface area (TPSA) is 0 Å². The number of thiophene rings is 3. The van der Waals surface area contributed by atoms with Crippen molar-refractivity contribution < 1.29 is 0 Å². The van der Waals surface area contributed by atoms with Crippen LogP contribution in [0.2, 0.25) is 0 Å². The molecule has 0 nitrogen and oxygen atoms in total. The molecule has 0 bridgehead atoms. The second kappa shape index (κ2) is 7.30. The minimum Gasteiger partial charge on any atom is -0.133 e. The lowest BCUT2D eigenvalue weighted by Gasteiger charge is -2.03. The summed E-state index contributed by atoms with van der Waals surface area (Å²) in [7, 11) is 0. The largest absolute Gasteiger partial charge is 0.133 e. The van der Waals surface area contributed by atoms with Crippen LogP contribution in [-0.4, -0.2) is 12.5 Å². The molecule has 2 aromatic carbocycles. The zero-order valence-corrected chi connectivity index (χ0v) is 18.9. The minimum absolute atomic E-state index is 1.35. The number of fused-ring (bicyclic) bond motifs is 3. The van der Waals surface area contributed by atoms with Crippen LogP contribution in [0.1, 0.15) is 0 Å². The average Bonchev–Trinajstić information content (AvgIpc) is 3.38. The van der Waals surface area contributed by atoms with Gasteiger partial charge >= 0.3 is 0 Å². The Morgan fingerprint density at radius 3 is 1.48 bits per heavy atom. The third-order valence-electron chi connectivity index (χ3n) is 4.57. The van der Waals surface area contributed by atoms with E-state index in [1.165, 1.54) is 49.5 Å². The molecule has 5 heteroatoms. The molecule has 0 N–H and O–H groups in total. The number of hydrogen-bond acceptors (Lipinski definition) is 5. The van der Waals surface area contributed by atoms with Gasteiger partial charge in [0.2, 0.25) is 0 Å². The first-order valence-electron chi connectivity index (χ1n) is 8.51. The van der Waals surface area contributed by atoms with Gasteiger partial charge in [0.1, 0.15) is 0 Å². The van der Waals surface area contributed by atoms with Gasteiger partial charge in [0.15, 0.2) is 0 Å². The molecule has 5 rings (SSSR count). The van der Waals surface area contributed by atoms with Gasteiger partial charge < -0.3 is 0 Å². The molecule has 134 valence electrons. The number of thioether (sulfide) groups is 2. The summed E-state index contributed by atoms with van der Waals surface area (Å²) in [5, 5.41) is 0. The zero-order valence-electron chi connectivity index (χ0n) is 14.8. The molecule has 0 aliphatic rings. The highest BCUT2D eigenvalue weighted by molar-refractivity contribution is 7.99. The number of rotatable bonds is 4. The lowest BCUT2D eigenvalue weighted by molar-refractivity contribution is 1.47. The fourth-order valence-electron chi connectivity index (χ4n) is 3.30. The summed E-state index contributed by atoms with van der Waals surface area (Å²) >= 11 is 9.44. The van der Waals surface area contributed by atoms with Crippen LogP contribution >= 0.6 is 57.5 Å². The monoisotopic (exact) mass is 440 g/mol. The summed E-state index contributed by atoms with van der Waals surface area (Å²) in [6.45, 7) is 0. The van der Waals surface area contributed by atoms with Crippen molar-refractivity contribution in [2.75, 3.05) is 12.5 Å². The molecule has 0 saturated heterocycles. The summed E-state index contributed by atoms with van der Waals surface area (Å²) < 4.78 is 5.71. The minimum atomic E-state index is 1.35. The Balaban J connectivity index is 1.65. The summed E-state index contributed by atoms with van der Waals surface area (Å²) in [5.41, 5.74) is 2.71. The molecule has 0 aliphatic carbocycles. The maximum Gasteiger partial charge on any atom is 0.0636 e. The molecular weight excluding hydrogens is 425 g/mol. The summed E-state index contributed by atoms with van der Waals surface area (Å²) in [6, 6.07) is 22.2. The van der Waals surface area contributed by atoms with E-state index in [-0.39, 0.29) is 0 Å². The van der Waals surface area contributed by atoms with Gasteiger partial charge in [-0.3, -0.25) is 0 Å². The van der Waals surface area contributed by atoms with Gasteiger partial charge in [0.25, 0.3) is 0 Å². The first-order valence-corrected chi connectivity index (χ1v) is 13.4. The molecule has 0 saturated carbocycles. The first-order chi connectivity index (χ1) is 13.3. The van der Waals surface area contributed by atoms with Gasteiger partial charge in [-0.15, -0.1) is 57.5 Å². The SMILES string of the molecule is CSc1ccccc1-c1cc2sc3cc(-c4ccccc4SC)sc3c2s1. The van der Waals surface area contributed by atoms with E-state index in [9.17, 15) is 0 Å². The quantitative estimate of drug-likeness (QED) is 0.256. The molecule has 3 heterocycles. The lowest BCUT2D eigenvalue weighted by atomic mass is 10.2. The van der Waals surface area contributed by atoms with Crippen molar-refractivity contribution in [3.05, 3.63) is 60.7 Å². The standard InChI is InChI=1S/C22H16S5/c1-23-15-9-5-3-7-13(15)17-11-19-21(26-17)22-20(25-19)12-18(27-22)14-8-4-6-10-16(14)24-2/h3-12H,1-2H3. The van der Waals surface area contributed by atoms with Gasteiger partial charge in [-0.25, -0.2) is 0 Å². The fourth-order valence-corrected chi connectivity index (χ4v) is 8.75. The van der Waals surface area contributed by atoms with E-state index in [2.05, 4.69) is 73.2 Å². The maximum atomic E-state index is 2.38. The highest BCUT2D eigenvalue weighted by Gasteiger charge is 2.16. The molecule has 0 unspecified atom stereocenters. The predicted molar refractivity (Wildman–Crippen MR) is 130 cm³/mol. The fraction of sp³-hybridized carbons (Fsp3) is 0.0909. The van der Waals surface area contributed by atoms with E-state index >= 15 is 0 Å². The van der Waals surface area contributed by atoms with Gasteiger partial charge in [-0.1, -0.05) is 36.4 Å². The smallest absolute Gasteiger partial charge is 0.0636 e. The Bertz CT molecular complexity index is 1160. The molecule has 0 amide bonds. The van der Waals surface area contributed by atoms with Gasteiger partial charge in [-0.05, 0) is 36.8 Å². The highest BCUT2D eigenvalue weighted by atomic mass is 32.2. The van der Waals surface area contributed by atoms with Crippen LogP contribution in [0.4, 0.5) is 0 Å². The Morgan fingerprint density at radius 1 is 0.593 bits per heavy atom. The van der Waals surface area contributed by atoms with Crippen LogP contribution in [0.3, 0.4) is 0 Å². The first kappa shape index (κ1) is 17.8. The molecule has 5 aromatic rings. The van der Waals surface area contributed by atoms with Crippen molar-refractivity contribution in [2.24, 2.45) is 0 Å². The summed E-state index contributed by atoms with van der Waals surface area (Å²) in [4.78, 5) is 5.46. The highest BCUT2D eigenvalue weighted by Crippen LogP contribution is 2.49. The molecule has 0 aliphatic heterocycles. The molecular formula is C22H16S5. The van der Waals surface area contributed by atoms with Crippen LogP contribution in [0.25, 0.3) is 39.7 Å². The molecule has 27 heavy (non-hydrogen) atoms. The average molecular weight is 441 g/mol. The van der Waals surface area contributed by atoms with Crippen molar-refractivity contribution in [1.29, 1.82) is 0 Å². The van der Waals surface area contributed by atoms with Crippen molar-refractivity contribution >= 4 is 76.3 Å². The third-order valence-corrected chi connectivity index (χ3v) is 10.0. The van der Waals surface area contributed by atoms with E-state index in [0.717, 1.165) is 0 Å². The van der Waals surface area contributed by atoms with E-state index in [4.69, 9.17) is 0 Å². The second-order valence-electron chi connectivity index (χ2n) is 6.11. The van der Waals surface area contributed by atoms with E-state index in [0.29, 0.717) is 0 Å². The van der Waals surface area contributed by atoms with Gasteiger partial charge in [0.05, 0.1) is 9.40 Å². The molecule has 3 aromatic heterocycles. The Kier molecular flexibility index (Phi) is 4.82. The predicted octanol–water partition coefficient (Wildman–Crippen LogP) is 8.96. The molecule has 0 spiro atoms. The van der Waals surface area contributed by atoms with Gasteiger partial charge in [-0.2, -0.15) is 0 Å². The molecule has 0 atom stereocenters. The van der Waals surface area contributed by atoms with E-state index in [1.807, 2.05) is 57.5 Å². The van der Waals surface area contributed by atoms with Crippen molar-refractivity contribution in [2.45, 2.75) is 9.79 Å². The Hall–Kier alpha value is -1.24. The van der Waals surface area contributed by atoms with Crippen molar-refractivity contribution in [3.63, 3.8) is 0 Å². The van der Waals surface area contributed by atoms with Gasteiger partial charge in [0, 0.05) is 40.1 Å². The number of benzene rings is 2. The number of hydrogen-bond donors (Lipinski definition) is 0. The molecule has 0 radical (unpaired) electrons. The Labute approximate surface area is 179 Å². The summed E-state index contributed by atoms with van der Waals surface area (Å²) in [6.07, 6.45) is 4.31. The maximum absolute atomic E-state index is 2.38. The summed E-state index contributed by atoms with van der Waals surface area (Å²) in [5.74, 6) is 0. The van der Waals surface area contributed by atoms with Crippen molar-refractivity contribution in [1.82, 2.24) is 0 Å². The molecule has 0 fully saturated rings. The van der Waals surface area contributed by atoms with E-state index in [1.54, 1.807) is 0 Å². The van der Waals surface area contributed by atoms with E-state index < -0.39 is 0 Å². The Morgan fingerprint density at radius 2 is 1.04 bits per heavy atom. The third kappa shape index (κ3) is 3.06. The normalized spacial score (nSPS) is 11.6. The second-order valence-corrected chi connectivity index (χ2v) is 11.0. The lowest BCUT2D eigenvalue weighted by Crippen LogP contribution is -1.76. The van der Waals surface area contributed by atoms with Crippen LogP contribution in [0, 0.1) is 0 Å².